The zero-order valence-electron chi connectivity index (χ0n) is 17.3. The third-order valence-corrected chi connectivity index (χ3v) is 8.32. The Morgan fingerprint density at radius 1 is 1.00 bits per heavy atom. The van der Waals surface area contributed by atoms with Crippen molar-refractivity contribution in [3.8, 4) is 0 Å². The second kappa shape index (κ2) is 6.63. The molecule has 0 heterocycles. The molecule has 3 fully saturated rings. The van der Waals surface area contributed by atoms with Crippen LogP contribution >= 0.6 is 0 Å². The molecule has 27 heavy (non-hydrogen) atoms. The van der Waals surface area contributed by atoms with Crippen LogP contribution in [0.25, 0.3) is 0 Å². The fraction of sp³-hybridized carbons (Fsp3) is 0.826. The van der Waals surface area contributed by atoms with Crippen molar-refractivity contribution in [3.63, 3.8) is 0 Å². The van der Waals surface area contributed by atoms with Gasteiger partial charge >= 0.3 is 11.9 Å². The van der Waals surface area contributed by atoms with Gasteiger partial charge in [-0.3, -0.25) is 9.59 Å². The van der Waals surface area contributed by atoms with Gasteiger partial charge in [0.25, 0.3) is 0 Å². The molecule has 4 aliphatic carbocycles. The fourth-order valence-corrected chi connectivity index (χ4v) is 7.13. The van der Waals surface area contributed by atoms with Gasteiger partial charge in [0.05, 0.1) is 0 Å². The van der Waals surface area contributed by atoms with Crippen LogP contribution in [0.4, 0.5) is 0 Å². The molecule has 4 rings (SSSR count). The van der Waals surface area contributed by atoms with Gasteiger partial charge in [0.2, 0.25) is 0 Å². The summed E-state index contributed by atoms with van der Waals surface area (Å²) in [7, 11) is 0. The molecular weight excluding hydrogens is 340 g/mol. The number of carbonyl (C=O) groups excluding carboxylic acids is 2. The van der Waals surface area contributed by atoms with Crippen LogP contribution in [0.3, 0.4) is 0 Å². The molecule has 3 saturated carbocycles. The first-order valence-corrected chi connectivity index (χ1v) is 10.8. The lowest BCUT2D eigenvalue weighted by Gasteiger charge is -2.55. The van der Waals surface area contributed by atoms with Gasteiger partial charge < -0.3 is 9.47 Å². The average molecular weight is 375 g/mol. The van der Waals surface area contributed by atoms with Crippen molar-refractivity contribution < 1.29 is 19.1 Å². The summed E-state index contributed by atoms with van der Waals surface area (Å²) in [4.78, 5) is 23.4. The maximum Gasteiger partial charge on any atom is 0.302 e. The second-order valence-corrected chi connectivity index (χ2v) is 9.99. The van der Waals surface area contributed by atoms with Crippen molar-refractivity contribution in [2.45, 2.75) is 97.7 Å². The van der Waals surface area contributed by atoms with Crippen molar-refractivity contribution in [2.24, 2.45) is 22.7 Å². The molecule has 6 atom stereocenters. The Bertz CT molecular complexity index is 680. The first-order chi connectivity index (χ1) is 12.7. The van der Waals surface area contributed by atoms with Crippen molar-refractivity contribution in [2.75, 3.05) is 0 Å². The van der Waals surface area contributed by atoms with E-state index in [9.17, 15) is 9.59 Å². The predicted molar refractivity (Wildman–Crippen MR) is 103 cm³/mol. The van der Waals surface area contributed by atoms with Crippen LogP contribution in [-0.2, 0) is 19.1 Å². The summed E-state index contributed by atoms with van der Waals surface area (Å²) in [5, 5.41) is 0. The van der Waals surface area contributed by atoms with Gasteiger partial charge in [-0.2, -0.15) is 0 Å². The Labute approximate surface area is 163 Å². The topological polar surface area (TPSA) is 52.6 Å². The second-order valence-electron chi connectivity index (χ2n) is 9.99. The normalized spacial score (nSPS) is 43.4. The Balaban J connectivity index is 1.71. The molecule has 0 bridgehead atoms. The summed E-state index contributed by atoms with van der Waals surface area (Å²) in [6, 6.07) is 0. The van der Waals surface area contributed by atoms with E-state index in [0.29, 0.717) is 11.3 Å². The van der Waals surface area contributed by atoms with Crippen molar-refractivity contribution in [1.29, 1.82) is 0 Å². The smallest absolute Gasteiger partial charge is 0.302 e. The number of fused-ring (bicyclic) bond motifs is 4. The van der Waals surface area contributed by atoms with E-state index in [1.807, 2.05) is 0 Å². The number of esters is 2. The Hall–Kier alpha value is -1.32. The molecule has 4 heteroatoms. The lowest BCUT2D eigenvalue weighted by atomic mass is 9.52. The molecule has 0 saturated heterocycles. The molecule has 0 amide bonds. The van der Waals surface area contributed by atoms with Gasteiger partial charge in [0.1, 0.15) is 12.2 Å². The third-order valence-electron chi connectivity index (χ3n) is 8.32. The standard InChI is InChI=1S/C23H34O4/c1-14(24)26-16-7-8-20-17-9-11-22(3)10-5-6-19(22)18(17)12-21(27-15(2)25)23(20,4)13-16/h16,18-19,21H,5-13H2,1-4H3/t16-,18-,19-,21+,22+,23+/m1/s1. The molecule has 4 nitrogen and oxygen atoms in total. The number of carbonyl (C=O) groups is 2. The van der Waals surface area contributed by atoms with Crippen molar-refractivity contribution in [1.82, 2.24) is 0 Å². The number of hydrogen-bond acceptors (Lipinski definition) is 4. The molecule has 0 aliphatic heterocycles. The van der Waals surface area contributed by atoms with E-state index in [0.717, 1.165) is 31.6 Å². The molecule has 0 unspecified atom stereocenters. The summed E-state index contributed by atoms with van der Waals surface area (Å²) >= 11 is 0. The summed E-state index contributed by atoms with van der Waals surface area (Å²) in [6.45, 7) is 7.74. The maximum atomic E-state index is 11.9. The highest BCUT2D eigenvalue weighted by Crippen LogP contribution is 2.63. The Morgan fingerprint density at radius 3 is 2.44 bits per heavy atom. The fourth-order valence-electron chi connectivity index (χ4n) is 7.13. The first kappa shape index (κ1) is 19.0. The van der Waals surface area contributed by atoms with Gasteiger partial charge in [0.15, 0.2) is 0 Å². The number of ether oxygens (including phenoxy) is 2. The SMILES string of the molecule is CC(=O)O[C@@H]1CCC2=C3CC[C@]4(C)CCC[C@@H]4[C@@H]3C[C@H](OC(C)=O)[C@@]2(C)C1. The number of allylic oxidation sites excluding steroid dienone is 1. The van der Waals surface area contributed by atoms with E-state index in [2.05, 4.69) is 13.8 Å². The summed E-state index contributed by atoms with van der Waals surface area (Å²) < 4.78 is 11.5. The summed E-state index contributed by atoms with van der Waals surface area (Å²) in [5.41, 5.74) is 3.48. The lowest BCUT2D eigenvalue weighted by molar-refractivity contribution is -0.162. The van der Waals surface area contributed by atoms with Crippen molar-refractivity contribution in [3.05, 3.63) is 11.1 Å². The Kier molecular flexibility index (Phi) is 4.67. The van der Waals surface area contributed by atoms with E-state index in [-0.39, 0.29) is 29.6 Å². The maximum absolute atomic E-state index is 11.9. The van der Waals surface area contributed by atoms with E-state index < -0.39 is 0 Å². The van der Waals surface area contributed by atoms with Crippen LogP contribution in [0.2, 0.25) is 0 Å². The van der Waals surface area contributed by atoms with Crippen LogP contribution < -0.4 is 0 Å². The van der Waals surface area contributed by atoms with Gasteiger partial charge in [-0.25, -0.2) is 0 Å². The molecule has 0 spiro atoms. The molecule has 0 radical (unpaired) electrons. The highest BCUT2D eigenvalue weighted by atomic mass is 16.5. The average Bonchev–Trinajstić information content (AvgIpc) is 2.96. The molecule has 0 aromatic carbocycles. The quantitative estimate of drug-likeness (QED) is 0.506. The zero-order valence-corrected chi connectivity index (χ0v) is 17.3. The molecule has 0 aromatic rings. The lowest BCUT2D eigenvalue weighted by Crippen LogP contribution is -2.51. The molecule has 150 valence electrons. The molecule has 0 aromatic heterocycles. The zero-order chi connectivity index (χ0) is 19.4. The Morgan fingerprint density at radius 2 is 1.74 bits per heavy atom. The number of rotatable bonds is 2. The van der Waals surface area contributed by atoms with Crippen LogP contribution in [0.1, 0.15) is 85.5 Å². The van der Waals surface area contributed by atoms with Crippen LogP contribution in [0, 0.1) is 22.7 Å². The van der Waals surface area contributed by atoms with Crippen LogP contribution in [0.5, 0.6) is 0 Å². The van der Waals surface area contributed by atoms with E-state index in [1.165, 1.54) is 51.5 Å². The summed E-state index contributed by atoms with van der Waals surface area (Å²) in [5.74, 6) is 0.909. The predicted octanol–water partition coefficient (Wildman–Crippen LogP) is 4.96. The minimum atomic E-state index is -0.211. The van der Waals surface area contributed by atoms with E-state index >= 15 is 0 Å². The van der Waals surface area contributed by atoms with Crippen molar-refractivity contribution >= 4 is 11.9 Å². The van der Waals surface area contributed by atoms with E-state index in [1.54, 1.807) is 5.57 Å². The highest BCUT2D eigenvalue weighted by molar-refractivity contribution is 5.67. The van der Waals surface area contributed by atoms with Gasteiger partial charge in [-0.1, -0.05) is 31.4 Å². The first-order valence-electron chi connectivity index (χ1n) is 10.8. The molecule has 4 aliphatic rings. The highest BCUT2D eigenvalue weighted by Gasteiger charge is 2.56. The van der Waals surface area contributed by atoms with Gasteiger partial charge in [-0.05, 0) is 68.6 Å². The van der Waals surface area contributed by atoms with Gasteiger partial charge in [0, 0.05) is 19.3 Å². The number of hydrogen-bond donors (Lipinski definition) is 0. The minimum Gasteiger partial charge on any atom is -0.463 e. The minimum absolute atomic E-state index is 0.0632. The largest absolute Gasteiger partial charge is 0.463 e. The van der Waals surface area contributed by atoms with Gasteiger partial charge in [-0.15, -0.1) is 0 Å². The van der Waals surface area contributed by atoms with Crippen LogP contribution in [-0.4, -0.2) is 24.1 Å². The van der Waals surface area contributed by atoms with E-state index in [4.69, 9.17) is 9.47 Å². The third kappa shape index (κ3) is 3.13. The molecular formula is C23H34O4. The van der Waals surface area contributed by atoms with Crippen LogP contribution in [0.15, 0.2) is 11.1 Å². The summed E-state index contributed by atoms with van der Waals surface area (Å²) in [6.07, 6.45) is 9.94. The molecule has 0 N–H and O–H groups in total. The monoisotopic (exact) mass is 374 g/mol.